The monoisotopic (exact) mass is 438 g/mol. The van der Waals surface area contributed by atoms with Gasteiger partial charge in [0.05, 0.1) is 11.3 Å². The van der Waals surface area contributed by atoms with E-state index in [2.05, 4.69) is 6.92 Å². The molecule has 0 aliphatic rings. The van der Waals surface area contributed by atoms with Crippen molar-refractivity contribution in [2.75, 3.05) is 0 Å². The van der Waals surface area contributed by atoms with Gasteiger partial charge >= 0.3 is 6.18 Å². The van der Waals surface area contributed by atoms with E-state index in [1.807, 2.05) is 91.0 Å². The summed E-state index contributed by atoms with van der Waals surface area (Å²) in [5.74, 6) is -1.52. The van der Waals surface area contributed by atoms with E-state index in [4.69, 9.17) is 0 Å². The maximum Gasteiger partial charge on any atom is 0.393 e. The maximum atomic E-state index is 14.9. The zero-order valence-corrected chi connectivity index (χ0v) is 18.8. The molecule has 3 rings (SSSR count). The highest BCUT2D eigenvalue weighted by Gasteiger charge is 2.55. The van der Waals surface area contributed by atoms with Crippen molar-refractivity contribution in [3.63, 3.8) is 0 Å². The van der Waals surface area contributed by atoms with Crippen molar-refractivity contribution in [2.45, 2.75) is 63.5 Å². The Labute approximate surface area is 190 Å². The Kier molecular flexibility index (Phi) is 8.55. The van der Waals surface area contributed by atoms with Gasteiger partial charge in [0.15, 0.2) is 0 Å². The molecular formula is C29H33F3. The second-order valence-electron chi connectivity index (χ2n) is 8.56. The first-order valence-corrected chi connectivity index (χ1v) is 11.7. The number of alkyl halides is 3. The highest BCUT2D eigenvalue weighted by Crippen LogP contribution is 2.53. The fourth-order valence-electron chi connectivity index (χ4n) is 4.96. The van der Waals surface area contributed by atoms with E-state index in [-0.39, 0.29) is 6.42 Å². The number of hydrogen-bond donors (Lipinski definition) is 0. The molecule has 3 aromatic rings. The topological polar surface area (TPSA) is 0 Å². The minimum absolute atomic E-state index is 0.105. The van der Waals surface area contributed by atoms with E-state index >= 15 is 0 Å². The van der Waals surface area contributed by atoms with Crippen molar-refractivity contribution >= 4 is 0 Å². The smallest absolute Gasteiger partial charge is 0.171 e. The molecular weight excluding hydrogens is 405 g/mol. The summed E-state index contributed by atoms with van der Waals surface area (Å²) >= 11 is 0. The summed E-state index contributed by atoms with van der Waals surface area (Å²) in [7, 11) is 0. The summed E-state index contributed by atoms with van der Waals surface area (Å²) in [5.41, 5.74) is 0.757. The molecule has 0 nitrogen and oxygen atoms in total. The van der Waals surface area contributed by atoms with Crippen LogP contribution < -0.4 is 0 Å². The Bertz CT molecular complexity index is 805. The summed E-state index contributed by atoms with van der Waals surface area (Å²) in [6.07, 6.45) is 1.53. The fraction of sp³-hybridized carbons (Fsp3) is 0.379. The Morgan fingerprint density at radius 1 is 0.562 bits per heavy atom. The van der Waals surface area contributed by atoms with Gasteiger partial charge in [-0.2, -0.15) is 13.2 Å². The molecule has 170 valence electrons. The van der Waals surface area contributed by atoms with E-state index in [0.29, 0.717) is 23.1 Å². The molecule has 32 heavy (non-hydrogen) atoms. The zero-order valence-electron chi connectivity index (χ0n) is 18.8. The third kappa shape index (κ3) is 5.43. The molecule has 0 amide bonds. The van der Waals surface area contributed by atoms with Gasteiger partial charge in [0, 0.05) is 0 Å². The third-order valence-electron chi connectivity index (χ3n) is 6.45. The van der Waals surface area contributed by atoms with Crippen LogP contribution in [0.1, 0.15) is 68.6 Å². The Hall–Kier alpha value is -2.55. The molecule has 3 heteroatoms. The summed E-state index contributed by atoms with van der Waals surface area (Å²) in [4.78, 5) is 0. The summed E-state index contributed by atoms with van der Waals surface area (Å²) in [6.45, 7) is 2.15. The highest BCUT2D eigenvalue weighted by molar-refractivity contribution is 5.51. The van der Waals surface area contributed by atoms with Gasteiger partial charge in [-0.3, -0.25) is 0 Å². The van der Waals surface area contributed by atoms with Crippen LogP contribution in [0.3, 0.4) is 0 Å². The molecule has 0 saturated carbocycles. The quantitative estimate of drug-likeness (QED) is 0.207. The minimum Gasteiger partial charge on any atom is -0.171 e. The van der Waals surface area contributed by atoms with Crippen LogP contribution in [0.5, 0.6) is 0 Å². The molecule has 0 heterocycles. The predicted octanol–water partition coefficient (Wildman–Crippen LogP) is 8.95. The average molecular weight is 439 g/mol. The lowest BCUT2D eigenvalue weighted by atomic mass is 9.60. The molecule has 0 aliphatic carbocycles. The van der Waals surface area contributed by atoms with Crippen LogP contribution in [0.25, 0.3) is 0 Å². The average Bonchev–Trinajstić information content (AvgIpc) is 2.82. The molecule has 0 radical (unpaired) electrons. The third-order valence-corrected chi connectivity index (χ3v) is 6.45. The number of rotatable bonds is 11. The molecule has 0 spiro atoms. The lowest BCUT2D eigenvalue weighted by molar-refractivity contribution is -0.188. The molecule has 0 saturated heterocycles. The Morgan fingerprint density at radius 3 is 1.31 bits per heavy atom. The van der Waals surface area contributed by atoms with E-state index in [0.717, 1.165) is 32.1 Å². The lowest BCUT2D eigenvalue weighted by Crippen LogP contribution is -2.45. The molecule has 0 aliphatic heterocycles. The van der Waals surface area contributed by atoms with Gasteiger partial charge in [0.1, 0.15) is 0 Å². The van der Waals surface area contributed by atoms with Gasteiger partial charge in [-0.05, 0) is 23.1 Å². The molecule has 0 aromatic heterocycles. The fourth-order valence-corrected chi connectivity index (χ4v) is 4.96. The van der Waals surface area contributed by atoms with Crippen LogP contribution in [0.2, 0.25) is 0 Å². The normalized spacial score (nSPS) is 13.1. The van der Waals surface area contributed by atoms with Gasteiger partial charge in [0.2, 0.25) is 0 Å². The SMILES string of the molecule is CCCCCCCCC(C(F)(F)F)C(c1ccccc1)(c1ccccc1)c1ccccc1. The van der Waals surface area contributed by atoms with Crippen molar-refractivity contribution in [3.05, 3.63) is 108 Å². The van der Waals surface area contributed by atoms with Crippen molar-refractivity contribution in [1.29, 1.82) is 0 Å². The number of hydrogen-bond acceptors (Lipinski definition) is 0. The molecule has 0 N–H and O–H groups in total. The molecule has 3 aromatic carbocycles. The van der Waals surface area contributed by atoms with Gasteiger partial charge in [-0.1, -0.05) is 136 Å². The molecule has 1 unspecified atom stereocenters. The summed E-state index contributed by atoms with van der Waals surface area (Å²) in [6, 6.07) is 27.7. The van der Waals surface area contributed by atoms with Crippen LogP contribution in [0, 0.1) is 5.92 Å². The zero-order chi connectivity index (χ0) is 22.9. The van der Waals surface area contributed by atoms with Gasteiger partial charge in [-0.15, -0.1) is 0 Å². The highest BCUT2D eigenvalue weighted by atomic mass is 19.4. The van der Waals surface area contributed by atoms with Crippen molar-refractivity contribution in [1.82, 2.24) is 0 Å². The van der Waals surface area contributed by atoms with Crippen LogP contribution >= 0.6 is 0 Å². The van der Waals surface area contributed by atoms with Crippen molar-refractivity contribution in [2.24, 2.45) is 5.92 Å². The number of unbranched alkanes of at least 4 members (excludes halogenated alkanes) is 5. The predicted molar refractivity (Wildman–Crippen MR) is 127 cm³/mol. The van der Waals surface area contributed by atoms with Crippen molar-refractivity contribution < 1.29 is 13.2 Å². The first-order valence-electron chi connectivity index (χ1n) is 11.7. The van der Waals surface area contributed by atoms with Crippen LogP contribution in [-0.2, 0) is 5.41 Å². The van der Waals surface area contributed by atoms with E-state index in [1.54, 1.807) is 0 Å². The number of halogens is 3. The Balaban J connectivity index is 2.14. The van der Waals surface area contributed by atoms with Gasteiger partial charge in [0.25, 0.3) is 0 Å². The summed E-state index contributed by atoms with van der Waals surface area (Å²) < 4.78 is 44.7. The standard InChI is InChI=1S/C29H33F3/c1-2-3-4-5-6-16-23-27(29(30,31)32)28(24-17-10-7-11-18-24,25-19-12-8-13-20-25)26-21-14-9-15-22-26/h7-15,17-22,27H,2-6,16,23H2,1H3. The second kappa shape index (κ2) is 11.4. The van der Waals surface area contributed by atoms with Crippen LogP contribution in [0.4, 0.5) is 13.2 Å². The van der Waals surface area contributed by atoms with Gasteiger partial charge in [-0.25, -0.2) is 0 Å². The van der Waals surface area contributed by atoms with Crippen LogP contribution in [0.15, 0.2) is 91.0 Å². The first kappa shape index (κ1) is 24.1. The summed E-state index contributed by atoms with van der Waals surface area (Å²) in [5, 5.41) is 0. The second-order valence-corrected chi connectivity index (χ2v) is 8.56. The van der Waals surface area contributed by atoms with E-state index in [9.17, 15) is 13.2 Å². The van der Waals surface area contributed by atoms with E-state index < -0.39 is 17.5 Å². The molecule has 0 bridgehead atoms. The Morgan fingerprint density at radius 2 is 0.938 bits per heavy atom. The van der Waals surface area contributed by atoms with E-state index in [1.165, 1.54) is 0 Å². The molecule has 1 atom stereocenters. The van der Waals surface area contributed by atoms with Gasteiger partial charge < -0.3 is 0 Å². The lowest BCUT2D eigenvalue weighted by Gasteiger charge is -2.43. The van der Waals surface area contributed by atoms with Crippen molar-refractivity contribution in [3.8, 4) is 0 Å². The number of benzene rings is 3. The first-order chi connectivity index (χ1) is 15.5. The minimum atomic E-state index is -4.34. The molecule has 0 fully saturated rings. The van der Waals surface area contributed by atoms with Crippen LogP contribution in [-0.4, -0.2) is 6.18 Å². The maximum absolute atomic E-state index is 14.9. The largest absolute Gasteiger partial charge is 0.393 e.